The number of carbonyl (C=O) groups is 4. The molecular formula is C31H33F2N4O13P. The molecule has 4 heterocycles. The molecule has 2 aromatic rings. The highest BCUT2D eigenvalue weighted by atomic mass is 31.2. The minimum absolute atomic E-state index is 0.0788. The number of aliphatic carboxylic acids is 1. The summed E-state index contributed by atoms with van der Waals surface area (Å²) < 4.78 is 55.3. The molecule has 1 aromatic heterocycles. The monoisotopic (exact) mass is 738 g/mol. The number of ether oxygens (including phenoxy) is 2. The number of aromatic nitrogens is 1. The van der Waals surface area contributed by atoms with Crippen molar-refractivity contribution in [3.05, 3.63) is 63.1 Å². The van der Waals surface area contributed by atoms with E-state index in [1.165, 1.54) is 15.7 Å². The number of hydrogen-bond acceptors (Lipinski definition) is 11. The molecule has 51 heavy (non-hydrogen) atoms. The molecule has 1 saturated carbocycles. The zero-order valence-corrected chi connectivity index (χ0v) is 28.0. The molecule has 6 atom stereocenters. The van der Waals surface area contributed by atoms with Crippen LogP contribution in [0.25, 0.3) is 0 Å². The quantitative estimate of drug-likeness (QED) is 0.146. The van der Waals surface area contributed by atoms with Crippen molar-refractivity contribution in [2.75, 3.05) is 19.9 Å². The molecule has 1 aliphatic carbocycles. The highest BCUT2D eigenvalue weighted by Gasteiger charge is 2.61. The number of pyridine rings is 1. The molecular weight excluding hydrogens is 705 g/mol. The molecule has 1 aromatic carbocycles. The van der Waals surface area contributed by atoms with Crippen LogP contribution >= 0.6 is 7.82 Å². The van der Waals surface area contributed by atoms with E-state index in [0.717, 1.165) is 12.1 Å². The van der Waals surface area contributed by atoms with Gasteiger partial charge in [-0.15, -0.1) is 0 Å². The standard InChI is InChI=1S/C31H33F2N4O13P/c1-14-8-31(50-35-14)6-5-15(2)36-11-21(31)37-10-18(27(39)34-9-16-3-4-17(32)7-20(16)33)25(38)26(24(37)28(36)40)47-13-48-30(43)23-19(22(23)29(41)42)12-49-51(44,45)46/h3-4,7,10,15,19,21-23H,5-6,8-9,11-13H2,1-2H3,(H,34,39)(H,41,42)(H2,44,45,46)/t15-,19+,21+,22+,23-,31-/m0/s1. The van der Waals surface area contributed by atoms with Crippen LogP contribution in [-0.2, 0) is 34.8 Å². The summed E-state index contributed by atoms with van der Waals surface area (Å²) in [6.07, 6.45) is 2.51. The van der Waals surface area contributed by atoms with E-state index in [-0.39, 0.29) is 23.8 Å². The van der Waals surface area contributed by atoms with Crippen molar-refractivity contribution in [3.63, 3.8) is 0 Å². The average molecular weight is 739 g/mol. The van der Waals surface area contributed by atoms with Crippen molar-refractivity contribution in [1.82, 2.24) is 14.8 Å². The Morgan fingerprint density at radius 3 is 2.59 bits per heavy atom. The summed E-state index contributed by atoms with van der Waals surface area (Å²) in [6, 6.07) is 1.73. The maximum Gasteiger partial charge on any atom is 0.469 e. The second-order valence-electron chi connectivity index (χ2n) is 13.0. The van der Waals surface area contributed by atoms with E-state index in [0.29, 0.717) is 31.0 Å². The normalized spacial score (nSPS) is 26.5. The van der Waals surface area contributed by atoms with E-state index in [1.807, 2.05) is 6.92 Å². The Kier molecular flexibility index (Phi) is 9.51. The number of nitrogens with zero attached hydrogens (tertiary/aromatic N) is 3. The van der Waals surface area contributed by atoms with Crippen LogP contribution in [-0.4, -0.2) is 85.4 Å². The van der Waals surface area contributed by atoms with Crippen LogP contribution < -0.4 is 15.5 Å². The fourth-order valence-corrected chi connectivity index (χ4v) is 7.37. The van der Waals surface area contributed by atoms with Crippen LogP contribution in [0.4, 0.5) is 8.78 Å². The number of benzene rings is 1. The van der Waals surface area contributed by atoms with Crippen LogP contribution in [0.1, 0.15) is 65.6 Å². The number of esters is 1. The number of fused-ring (bicyclic) bond motifs is 5. The van der Waals surface area contributed by atoms with Gasteiger partial charge in [-0.25, -0.2) is 13.3 Å². The maximum absolute atomic E-state index is 14.3. The molecule has 1 spiro atoms. The van der Waals surface area contributed by atoms with E-state index in [4.69, 9.17) is 24.1 Å². The van der Waals surface area contributed by atoms with Crippen LogP contribution in [0, 0.1) is 29.4 Å². The van der Waals surface area contributed by atoms with Gasteiger partial charge in [0.1, 0.15) is 17.2 Å². The van der Waals surface area contributed by atoms with Gasteiger partial charge in [-0.2, -0.15) is 0 Å². The molecule has 1 saturated heterocycles. The maximum atomic E-state index is 14.3. The van der Waals surface area contributed by atoms with Crippen molar-refractivity contribution >= 4 is 37.3 Å². The van der Waals surface area contributed by atoms with Gasteiger partial charge in [0.2, 0.25) is 18.0 Å². The van der Waals surface area contributed by atoms with Crippen molar-refractivity contribution in [1.29, 1.82) is 0 Å². The van der Waals surface area contributed by atoms with Gasteiger partial charge >= 0.3 is 19.8 Å². The molecule has 274 valence electrons. The van der Waals surface area contributed by atoms with Gasteiger partial charge in [0, 0.05) is 49.3 Å². The Bertz CT molecular complexity index is 1950. The highest BCUT2D eigenvalue weighted by molar-refractivity contribution is 7.46. The average Bonchev–Trinajstić information content (AvgIpc) is 3.70. The van der Waals surface area contributed by atoms with E-state index < -0.39 is 109 Å². The van der Waals surface area contributed by atoms with Crippen LogP contribution in [0.5, 0.6) is 5.75 Å². The summed E-state index contributed by atoms with van der Waals surface area (Å²) >= 11 is 0. The van der Waals surface area contributed by atoms with Gasteiger partial charge in [-0.1, -0.05) is 11.2 Å². The van der Waals surface area contributed by atoms with Gasteiger partial charge < -0.3 is 44.0 Å². The number of carboxylic acids is 1. The summed E-state index contributed by atoms with van der Waals surface area (Å²) in [5.74, 6) is -10.5. The highest BCUT2D eigenvalue weighted by Crippen LogP contribution is 2.50. The number of nitrogens with one attached hydrogen (secondary N) is 1. The largest absolute Gasteiger partial charge is 0.481 e. The van der Waals surface area contributed by atoms with Gasteiger partial charge in [0.05, 0.1) is 30.2 Å². The lowest BCUT2D eigenvalue weighted by Crippen LogP contribution is -2.52. The zero-order chi connectivity index (χ0) is 37.0. The lowest BCUT2D eigenvalue weighted by atomic mass is 9.84. The lowest BCUT2D eigenvalue weighted by Gasteiger charge is -2.42. The third-order valence-electron chi connectivity index (χ3n) is 9.69. The topological polar surface area (TPSA) is 233 Å². The van der Waals surface area contributed by atoms with Gasteiger partial charge in [-0.05, 0) is 32.8 Å². The third kappa shape index (κ3) is 6.98. The second-order valence-corrected chi connectivity index (χ2v) is 14.2. The number of phosphoric acid groups is 1. The Hall–Kier alpha value is -4.71. The number of hydrogen-bond donors (Lipinski definition) is 4. The van der Waals surface area contributed by atoms with Gasteiger partial charge in [0.25, 0.3) is 11.8 Å². The number of carbonyl (C=O) groups excluding carboxylic acids is 3. The van der Waals surface area contributed by atoms with E-state index in [2.05, 4.69) is 15.0 Å². The van der Waals surface area contributed by atoms with Crippen LogP contribution in [0.3, 0.4) is 0 Å². The van der Waals surface area contributed by atoms with E-state index in [1.54, 1.807) is 6.92 Å². The van der Waals surface area contributed by atoms with Crippen molar-refractivity contribution in [2.45, 2.75) is 57.3 Å². The molecule has 2 fully saturated rings. The van der Waals surface area contributed by atoms with Crippen LogP contribution in [0.15, 0.2) is 34.3 Å². The van der Waals surface area contributed by atoms with Gasteiger partial charge in [0.15, 0.2) is 11.3 Å². The molecule has 0 unspecified atom stereocenters. The van der Waals surface area contributed by atoms with E-state index >= 15 is 0 Å². The number of rotatable bonds is 11. The SMILES string of the molecule is CC1=NO[C@@]2(CC[C@H](C)N3C[C@H]2n2cc(C(=O)NCc4ccc(F)cc4F)c(=O)c(OCOC(=O)[C@H]4[C@H](COP(=O)(O)O)[C@H]4C(=O)O)c2C3=O)C1. The lowest BCUT2D eigenvalue weighted by molar-refractivity contribution is -0.154. The number of amides is 2. The third-order valence-corrected chi connectivity index (χ3v) is 10.2. The smallest absolute Gasteiger partial charge is 0.469 e. The van der Waals surface area contributed by atoms with Crippen molar-refractivity contribution in [3.8, 4) is 5.75 Å². The molecule has 0 radical (unpaired) electrons. The molecule has 2 amide bonds. The number of halogens is 2. The Labute approximate surface area is 287 Å². The van der Waals surface area contributed by atoms with E-state index in [9.17, 15) is 42.4 Å². The second kappa shape index (κ2) is 13.4. The fourth-order valence-electron chi connectivity index (χ4n) is 7.01. The molecule has 2 bridgehead atoms. The summed E-state index contributed by atoms with van der Waals surface area (Å²) in [5, 5.41) is 16.0. The first-order valence-electron chi connectivity index (χ1n) is 15.8. The Morgan fingerprint density at radius 1 is 1.20 bits per heavy atom. The molecule has 6 rings (SSSR count). The molecule has 20 heteroatoms. The molecule has 4 aliphatic rings. The van der Waals surface area contributed by atoms with Crippen LogP contribution in [0.2, 0.25) is 0 Å². The van der Waals surface area contributed by atoms with Gasteiger partial charge in [-0.3, -0.25) is 28.5 Å². The zero-order valence-electron chi connectivity index (χ0n) is 27.1. The van der Waals surface area contributed by atoms with Crippen molar-refractivity contribution in [2.24, 2.45) is 22.9 Å². The molecule has 4 N–H and O–H groups in total. The minimum atomic E-state index is -4.97. The summed E-state index contributed by atoms with van der Waals surface area (Å²) in [7, 11) is -4.97. The summed E-state index contributed by atoms with van der Waals surface area (Å²) in [4.78, 5) is 91.4. The predicted molar refractivity (Wildman–Crippen MR) is 166 cm³/mol. The predicted octanol–water partition coefficient (Wildman–Crippen LogP) is 1.71. The summed E-state index contributed by atoms with van der Waals surface area (Å²) in [5.41, 5.74) is -2.28. The van der Waals surface area contributed by atoms with Crippen molar-refractivity contribution < 1.29 is 66.3 Å². The molecule has 3 aliphatic heterocycles. The Morgan fingerprint density at radius 2 is 1.94 bits per heavy atom. The minimum Gasteiger partial charge on any atom is -0.481 e. The summed E-state index contributed by atoms with van der Waals surface area (Å²) in [6.45, 7) is 1.49. The molecule has 17 nitrogen and oxygen atoms in total. The first kappa shape index (κ1) is 36.1. The first-order chi connectivity index (χ1) is 24.0. The number of oxime groups is 1. The number of phosphoric ester groups is 1. The Balaban J connectivity index is 1.33. The number of carboxylic acid groups (broad SMARTS) is 1. The fraction of sp³-hybridized carbons (Fsp3) is 0.484. The first-order valence-corrected chi connectivity index (χ1v) is 17.3.